The molecular formula is C14H8N4O. The van der Waals surface area contributed by atoms with Crippen molar-refractivity contribution in [1.82, 2.24) is 15.0 Å². The Kier molecular flexibility index (Phi) is 2.75. The summed E-state index contributed by atoms with van der Waals surface area (Å²) in [6, 6.07) is 13.0. The fourth-order valence-electron chi connectivity index (χ4n) is 1.67. The summed E-state index contributed by atoms with van der Waals surface area (Å²) in [5.74, 6) is 0.585. The van der Waals surface area contributed by atoms with Crippen LogP contribution in [0.15, 0.2) is 48.8 Å². The van der Waals surface area contributed by atoms with Gasteiger partial charge in [0.05, 0.1) is 5.52 Å². The SMILES string of the molecule is N#Cc1ccnc(Oc2ccc3cccnc3c2)n1. The number of hydrogen-bond donors (Lipinski definition) is 0. The van der Waals surface area contributed by atoms with Gasteiger partial charge < -0.3 is 4.74 Å². The molecule has 0 unspecified atom stereocenters. The van der Waals surface area contributed by atoms with Gasteiger partial charge in [-0.05, 0) is 24.3 Å². The molecule has 0 bridgehead atoms. The molecule has 5 heteroatoms. The Hall–Kier alpha value is -3.00. The Morgan fingerprint density at radius 3 is 2.89 bits per heavy atom. The number of benzene rings is 1. The van der Waals surface area contributed by atoms with E-state index >= 15 is 0 Å². The van der Waals surface area contributed by atoms with Crippen molar-refractivity contribution in [2.24, 2.45) is 0 Å². The molecule has 0 spiro atoms. The van der Waals surface area contributed by atoms with Crippen LogP contribution in [0.1, 0.15) is 5.69 Å². The fourth-order valence-corrected chi connectivity index (χ4v) is 1.67. The highest BCUT2D eigenvalue weighted by Gasteiger charge is 2.03. The average Bonchev–Trinajstić information content (AvgIpc) is 2.47. The van der Waals surface area contributed by atoms with E-state index in [-0.39, 0.29) is 11.7 Å². The van der Waals surface area contributed by atoms with E-state index in [2.05, 4.69) is 15.0 Å². The standard InChI is InChI=1S/C14H8N4O/c15-9-11-5-7-17-14(18-11)19-12-4-3-10-2-1-6-16-13(10)8-12/h1-8H. The van der Waals surface area contributed by atoms with Crippen LogP contribution in [0.4, 0.5) is 0 Å². The largest absolute Gasteiger partial charge is 0.424 e. The summed E-state index contributed by atoms with van der Waals surface area (Å²) >= 11 is 0. The minimum absolute atomic E-state index is 0.148. The lowest BCUT2D eigenvalue weighted by atomic mass is 10.2. The van der Waals surface area contributed by atoms with Gasteiger partial charge in [-0.1, -0.05) is 6.07 Å². The molecule has 0 aliphatic rings. The van der Waals surface area contributed by atoms with Gasteiger partial charge in [0, 0.05) is 23.8 Å². The molecule has 0 radical (unpaired) electrons. The lowest BCUT2D eigenvalue weighted by Gasteiger charge is -2.04. The molecule has 3 rings (SSSR count). The molecule has 0 aliphatic carbocycles. The molecule has 0 aliphatic heterocycles. The molecule has 0 fully saturated rings. The van der Waals surface area contributed by atoms with Crippen molar-refractivity contribution < 1.29 is 4.74 Å². The van der Waals surface area contributed by atoms with Crippen molar-refractivity contribution in [3.63, 3.8) is 0 Å². The summed E-state index contributed by atoms with van der Waals surface area (Å²) in [4.78, 5) is 12.2. The topological polar surface area (TPSA) is 71.7 Å². The zero-order valence-electron chi connectivity index (χ0n) is 9.82. The molecule has 0 saturated heterocycles. The smallest absolute Gasteiger partial charge is 0.323 e. The van der Waals surface area contributed by atoms with Gasteiger partial charge >= 0.3 is 6.01 Å². The molecule has 5 nitrogen and oxygen atoms in total. The Bertz CT molecular complexity index is 779. The third-order valence-electron chi connectivity index (χ3n) is 2.53. The Balaban J connectivity index is 1.94. The number of hydrogen-bond acceptors (Lipinski definition) is 5. The van der Waals surface area contributed by atoms with Gasteiger partial charge in [-0.2, -0.15) is 10.2 Å². The molecule has 0 saturated carbocycles. The molecule has 1 aromatic carbocycles. The van der Waals surface area contributed by atoms with Crippen molar-refractivity contribution in [2.75, 3.05) is 0 Å². The summed E-state index contributed by atoms with van der Waals surface area (Å²) in [6.45, 7) is 0. The molecule has 0 atom stereocenters. The van der Waals surface area contributed by atoms with E-state index in [0.717, 1.165) is 10.9 Å². The highest BCUT2D eigenvalue weighted by atomic mass is 16.5. The monoisotopic (exact) mass is 248 g/mol. The van der Waals surface area contributed by atoms with Gasteiger partial charge in [-0.25, -0.2) is 4.98 Å². The maximum atomic E-state index is 8.76. The molecule has 19 heavy (non-hydrogen) atoms. The van der Waals surface area contributed by atoms with E-state index in [1.165, 1.54) is 12.3 Å². The first-order valence-corrected chi connectivity index (χ1v) is 5.61. The third-order valence-corrected chi connectivity index (χ3v) is 2.53. The van der Waals surface area contributed by atoms with Crippen LogP contribution in [0.5, 0.6) is 11.8 Å². The summed E-state index contributed by atoms with van der Waals surface area (Å²) in [5, 5.41) is 9.79. The normalized spacial score (nSPS) is 10.1. The lowest BCUT2D eigenvalue weighted by molar-refractivity contribution is 0.441. The summed E-state index contributed by atoms with van der Waals surface area (Å²) < 4.78 is 5.52. The van der Waals surface area contributed by atoms with E-state index < -0.39 is 0 Å². The van der Waals surface area contributed by atoms with Crippen LogP contribution in [0.2, 0.25) is 0 Å². The minimum atomic E-state index is 0.148. The van der Waals surface area contributed by atoms with Crippen LogP contribution in [-0.4, -0.2) is 15.0 Å². The van der Waals surface area contributed by atoms with E-state index in [1.807, 2.05) is 30.3 Å². The zero-order valence-corrected chi connectivity index (χ0v) is 9.82. The van der Waals surface area contributed by atoms with Crippen molar-refractivity contribution in [1.29, 1.82) is 5.26 Å². The van der Waals surface area contributed by atoms with Crippen LogP contribution >= 0.6 is 0 Å². The number of rotatable bonds is 2. The van der Waals surface area contributed by atoms with Crippen molar-refractivity contribution >= 4 is 10.9 Å². The van der Waals surface area contributed by atoms with Crippen LogP contribution < -0.4 is 4.74 Å². The van der Waals surface area contributed by atoms with Crippen molar-refractivity contribution in [2.45, 2.75) is 0 Å². The summed E-state index contributed by atoms with van der Waals surface area (Å²) in [5.41, 5.74) is 1.10. The number of fused-ring (bicyclic) bond motifs is 1. The van der Waals surface area contributed by atoms with Gasteiger partial charge in [-0.15, -0.1) is 0 Å². The fraction of sp³-hybridized carbons (Fsp3) is 0. The average molecular weight is 248 g/mol. The molecule has 90 valence electrons. The van der Waals surface area contributed by atoms with Gasteiger partial charge in [0.15, 0.2) is 0 Å². The van der Waals surface area contributed by atoms with Crippen LogP contribution in [0.25, 0.3) is 10.9 Å². The third kappa shape index (κ3) is 2.33. The van der Waals surface area contributed by atoms with E-state index in [4.69, 9.17) is 10.00 Å². The van der Waals surface area contributed by atoms with Crippen LogP contribution in [0.3, 0.4) is 0 Å². The Morgan fingerprint density at radius 1 is 1.05 bits per heavy atom. The number of nitriles is 1. The van der Waals surface area contributed by atoms with E-state index in [9.17, 15) is 0 Å². The number of ether oxygens (including phenoxy) is 1. The lowest BCUT2D eigenvalue weighted by Crippen LogP contribution is -1.93. The maximum Gasteiger partial charge on any atom is 0.323 e. The van der Waals surface area contributed by atoms with E-state index in [1.54, 1.807) is 12.3 Å². The van der Waals surface area contributed by atoms with Crippen molar-refractivity contribution in [3.05, 3.63) is 54.5 Å². The van der Waals surface area contributed by atoms with Gasteiger partial charge in [0.25, 0.3) is 0 Å². The van der Waals surface area contributed by atoms with Gasteiger partial charge in [-0.3, -0.25) is 4.98 Å². The quantitative estimate of drug-likeness (QED) is 0.697. The molecule has 0 amide bonds. The first-order valence-electron chi connectivity index (χ1n) is 5.61. The highest BCUT2D eigenvalue weighted by Crippen LogP contribution is 2.22. The number of aromatic nitrogens is 3. The van der Waals surface area contributed by atoms with Gasteiger partial charge in [0.1, 0.15) is 17.5 Å². The second kappa shape index (κ2) is 4.70. The molecular weight excluding hydrogens is 240 g/mol. The predicted molar refractivity (Wildman–Crippen MR) is 68.6 cm³/mol. The second-order valence-corrected chi connectivity index (χ2v) is 3.80. The predicted octanol–water partition coefficient (Wildman–Crippen LogP) is 2.69. The summed E-state index contributed by atoms with van der Waals surface area (Å²) in [7, 11) is 0. The van der Waals surface area contributed by atoms with Crippen LogP contribution in [0, 0.1) is 11.3 Å². The van der Waals surface area contributed by atoms with Crippen LogP contribution in [-0.2, 0) is 0 Å². The molecule has 0 N–H and O–H groups in total. The number of nitrogens with zero attached hydrogens (tertiary/aromatic N) is 4. The maximum absolute atomic E-state index is 8.76. The highest BCUT2D eigenvalue weighted by molar-refractivity contribution is 5.79. The number of pyridine rings is 1. The Morgan fingerprint density at radius 2 is 2.00 bits per heavy atom. The first kappa shape index (κ1) is 11.1. The molecule has 2 aromatic heterocycles. The van der Waals surface area contributed by atoms with E-state index in [0.29, 0.717) is 5.75 Å². The molecule has 3 aromatic rings. The van der Waals surface area contributed by atoms with Crippen molar-refractivity contribution in [3.8, 4) is 17.8 Å². The first-order chi connectivity index (χ1) is 9.35. The Labute approximate surface area is 109 Å². The zero-order chi connectivity index (χ0) is 13.1. The second-order valence-electron chi connectivity index (χ2n) is 3.80. The molecule has 2 heterocycles. The summed E-state index contributed by atoms with van der Waals surface area (Å²) in [6.07, 6.45) is 3.21. The van der Waals surface area contributed by atoms with Gasteiger partial charge in [0.2, 0.25) is 0 Å². The minimum Gasteiger partial charge on any atom is -0.424 e.